The summed E-state index contributed by atoms with van der Waals surface area (Å²) in [5.74, 6) is 0.419. The normalized spacial score (nSPS) is 17.5. The average Bonchev–Trinajstić information content (AvgIpc) is 3.17. The van der Waals surface area contributed by atoms with Gasteiger partial charge in [-0.25, -0.2) is 0 Å². The van der Waals surface area contributed by atoms with Crippen molar-refractivity contribution < 1.29 is 9.67 Å². The monoisotopic (exact) mass is 345 g/mol. The number of nitrogens with zero attached hydrogens (tertiary/aromatic N) is 2. The number of aliphatic hydroxyl groups is 1. The SMILES string of the molecule is C[n+]1c(C=Cc2ccc(N3CCC(CO)C3)cc2)ccc2ccccc21. The lowest BCUT2D eigenvalue weighted by Gasteiger charge is -2.18. The molecule has 0 amide bonds. The Balaban J connectivity index is 1.51. The maximum Gasteiger partial charge on any atom is 0.212 e. The Morgan fingerprint density at radius 1 is 1.04 bits per heavy atom. The van der Waals surface area contributed by atoms with Gasteiger partial charge in [0.25, 0.3) is 0 Å². The van der Waals surface area contributed by atoms with Gasteiger partial charge in [0.1, 0.15) is 7.05 Å². The highest BCUT2D eigenvalue weighted by Gasteiger charge is 2.21. The summed E-state index contributed by atoms with van der Waals surface area (Å²) in [5.41, 5.74) is 4.85. The summed E-state index contributed by atoms with van der Waals surface area (Å²) in [6.07, 6.45) is 5.41. The largest absolute Gasteiger partial charge is 0.396 e. The number of aromatic nitrogens is 1. The third kappa shape index (κ3) is 3.35. The second-order valence-corrected chi connectivity index (χ2v) is 7.08. The summed E-state index contributed by atoms with van der Waals surface area (Å²) in [4.78, 5) is 2.36. The molecule has 0 spiro atoms. The molecule has 1 aliphatic heterocycles. The van der Waals surface area contributed by atoms with Crippen molar-refractivity contribution in [1.29, 1.82) is 0 Å². The molecule has 0 aliphatic carbocycles. The Morgan fingerprint density at radius 3 is 2.62 bits per heavy atom. The lowest BCUT2D eigenvalue weighted by atomic mass is 10.1. The first kappa shape index (κ1) is 16.8. The zero-order valence-corrected chi connectivity index (χ0v) is 15.2. The van der Waals surface area contributed by atoms with Crippen LogP contribution in [0.1, 0.15) is 17.7 Å². The molecule has 0 bridgehead atoms. The van der Waals surface area contributed by atoms with Crippen LogP contribution in [0.25, 0.3) is 23.1 Å². The minimum Gasteiger partial charge on any atom is -0.396 e. The number of fused-ring (bicyclic) bond motifs is 1. The number of anilines is 1. The van der Waals surface area contributed by atoms with Crippen molar-refractivity contribution in [3.8, 4) is 0 Å². The maximum absolute atomic E-state index is 9.30. The lowest BCUT2D eigenvalue weighted by molar-refractivity contribution is -0.646. The number of pyridine rings is 1. The Kier molecular flexibility index (Phi) is 4.72. The first-order valence-corrected chi connectivity index (χ1v) is 9.26. The van der Waals surface area contributed by atoms with E-state index in [0.717, 1.165) is 19.5 Å². The van der Waals surface area contributed by atoms with Gasteiger partial charge in [-0.3, -0.25) is 0 Å². The van der Waals surface area contributed by atoms with Crippen molar-refractivity contribution in [3.05, 3.63) is 71.9 Å². The van der Waals surface area contributed by atoms with Crippen molar-refractivity contribution in [2.45, 2.75) is 6.42 Å². The zero-order valence-electron chi connectivity index (χ0n) is 15.2. The zero-order chi connectivity index (χ0) is 17.9. The van der Waals surface area contributed by atoms with Gasteiger partial charge in [-0.05, 0) is 42.3 Å². The highest BCUT2D eigenvalue weighted by atomic mass is 16.3. The van der Waals surface area contributed by atoms with Crippen LogP contribution in [0, 0.1) is 5.92 Å². The van der Waals surface area contributed by atoms with Gasteiger partial charge in [-0.1, -0.05) is 24.3 Å². The lowest BCUT2D eigenvalue weighted by Crippen LogP contribution is -2.32. The van der Waals surface area contributed by atoms with E-state index in [1.54, 1.807) is 0 Å². The predicted octanol–water partition coefficient (Wildman–Crippen LogP) is 3.65. The van der Waals surface area contributed by atoms with Crippen LogP contribution >= 0.6 is 0 Å². The molecule has 1 N–H and O–H groups in total. The second kappa shape index (κ2) is 7.30. The number of para-hydroxylation sites is 1. The van der Waals surface area contributed by atoms with E-state index in [2.05, 4.69) is 89.3 Å². The number of aliphatic hydroxyl groups excluding tert-OH is 1. The minimum atomic E-state index is 0.292. The molecule has 0 radical (unpaired) electrons. The number of rotatable bonds is 4. The van der Waals surface area contributed by atoms with Gasteiger partial charge in [-0.15, -0.1) is 0 Å². The second-order valence-electron chi connectivity index (χ2n) is 7.08. The van der Waals surface area contributed by atoms with Gasteiger partial charge in [0.2, 0.25) is 11.2 Å². The number of hydrogen-bond acceptors (Lipinski definition) is 2. The predicted molar refractivity (Wildman–Crippen MR) is 108 cm³/mol. The highest BCUT2D eigenvalue weighted by molar-refractivity contribution is 5.77. The Labute approximate surface area is 154 Å². The molecule has 1 atom stereocenters. The molecular weight excluding hydrogens is 320 g/mol. The van der Waals surface area contributed by atoms with E-state index in [9.17, 15) is 5.11 Å². The van der Waals surface area contributed by atoms with Crippen LogP contribution in [0.4, 0.5) is 5.69 Å². The highest BCUT2D eigenvalue weighted by Crippen LogP contribution is 2.24. The number of hydrogen-bond donors (Lipinski definition) is 1. The molecule has 2 heterocycles. The third-order valence-corrected chi connectivity index (χ3v) is 5.37. The fraction of sp³-hybridized carbons (Fsp3) is 0.261. The van der Waals surface area contributed by atoms with Gasteiger partial charge in [0.15, 0.2) is 0 Å². The molecule has 3 nitrogen and oxygen atoms in total. The average molecular weight is 345 g/mol. The molecule has 4 rings (SSSR count). The molecular formula is C23H25N2O+. The third-order valence-electron chi connectivity index (χ3n) is 5.37. The van der Waals surface area contributed by atoms with Crippen molar-refractivity contribution in [2.24, 2.45) is 13.0 Å². The molecule has 1 aromatic heterocycles. The van der Waals surface area contributed by atoms with Crippen LogP contribution in [0.2, 0.25) is 0 Å². The molecule has 0 saturated carbocycles. The van der Waals surface area contributed by atoms with E-state index in [1.165, 1.54) is 27.8 Å². The maximum atomic E-state index is 9.30. The quantitative estimate of drug-likeness (QED) is 0.731. The van der Waals surface area contributed by atoms with Crippen LogP contribution in [0.5, 0.6) is 0 Å². The van der Waals surface area contributed by atoms with Gasteiger partial charge >= 0.3 is 0 Å². The van der Waals surface area contributed by atoms with Gasteiger partial charge in [0.05, 0.1) is 0 Å². The first-order valence-electron chi connectivity index (χ1n) is 9.26. The molecule has 1 fully saturated rings. The number of aryl methyl sites for hydroxylation is 1. The van der Waals surface area contributed by atoms with E-state index < -0.39 is 0 Å². The summed E-state index contributed by atoms with van der Waals surface area (Å²) in [5, 5.41) is 10.6. The van der Waals surface area contributed by atoms with Crippen molar-refractivity contribution in [2.75, 3.05) is 24.6 Å². The van der Waals surface area contributed by atoms with Crippen molar-refractivity contribution in [1.82, 2.24) is 0 Å². The van der Waals surface area contributed by atoms with E-state index in [0.29, 0.717) is 12.5 Å². The summed E-state index contributed by atoms with van der Waals surface area (Å²) in [7, 11) is 2.11. The molecule has 3 aromatic rings. The Hall–Kier alpha value is -2.65. The topological polar surface area (TPSA) is 27.4 Å². The van der Waals surface area contributed by atoms with E-state index in [-0.39, 0.29) is 0 Å². The molecule has 1 unspecified atom stereocenters. The fourth-order valence-corrected chi connectivity index (χ4v) is 3.72. The van der Waals surface area contributed by atoms with Crippen LogP contribution in [-0.2, 0) is 7.05 Å². The smallest absolute Gasteiger partial charge is 0.212 e. The molecule has 3 heteroatoms. The molecule has 1 saturated heterocycles. The van der Waals surface area contributed by atoms with Crippen molar-refractivity contribution >= 4 is 28.7 Å². The van der Waals surface area contributed by atoms with Crippen LogP contribution in [0.15, 0.2) is 60.7 Å². The van der Waals surface area contributed by atoms with Crippen molar-refractivity contribution in [3.63, 3.8) is 0 Å². The molecule has 2 aromatic carbocycles. The number of benzene rings is 2. The van der Waals surface area contributed by atoms with Gasteiger partial charge < -0.3 is 10.0 Å². The van der Waals surface area contributed by atoms with Crippen LogP contribution < -0.4 is 9.47 Å². The van der Waals surface area contributed by atoms with Gasteiger partial charge in [-0.2, -0.15) is 4.57 Å². The Morgan fingerprint density at radius 2 is 1.85 bits per heavy atom. The van der Waals surface area contributed by atoms with E-state index in [1.807, 2.05) is 0 Å². The van der Waals surface area contributed by atoms with Crippen LogP contribution in [0.3, 0.4) is 0 Å². The van der Waals surface area contributed by atoms with E-state index >= 15 is 0 Å². The molecule has 132 valence electrons. The molecule has 26 heavy (non-hydrogen) atoms. The summed E-state index contributed by atoms with van der Waals surface area (Å²) >= 11 is 0. The van der Waals surface area contributed by atoms with Gasteiger partial charge in [0, 0.05) is 54.9 Å². The minimum absolute atomic E-state index is 0.292. The molecule has 1 aliphatic rings. The van der Waals surface area contributed by atoms with E-state index in [4.69, 9.17) is 0 Å². The Bertz CT molecular complexity index is 931. The summed E-state index contributed by atoms with van der Waals surface area (Å²) in [6.45, 7) is 2.28. The summed E-state index contributed by atoms with van der Waals surface area (Å²) in [6, 6.07) is 21.5. The summed E-state index contributed by atoms with van der Waals surface area (Å²) < 4.78 is 2.22. The fourth-order valence-electron chi connectivity index (χ4n) is 3.72. The first-order chi connectivity index (χ1) is 12.7. The standard InChI is InChI=1S/C23H25N2O/c1-24-21(13-9-20-4-2-3-5-23(20)24)10-6-18-7-11-22(12-8-18)25-15-14-19(16-25)17-26/h2-13,19,26H,14-17H2,1H3/q+1. The van der Waals surface area contributed by atoms with Crippen LogP contribution in [-0.4, -0.2) is 24.8 Å².